The first kappa shape index (κ1) is 25.6. The fourth-order valence-corrected chi connectivity index (χ4v) is 5.12. The highest BCUT2D eigenvalue weighted by molar-refractivity contribution is 6.04. The van der Waals surface area contributed by atoms with Gasteiger partial charge in [-0.15, -0.1) is 0 Å². The summed E-state index contributed by atoms with van der Waals surface area (Å²) in [7, 11) is 4.08. The highest BCUT2D eigenvalue weighted by atomic mass is 16.2. The van der Waals surface area contributed by atoms with Crippen molar-refractivity contribution in [1.29, 1.82) is 0 Å². The van der Waals surface area contributed by atoms with Crippen molar-refractivity contribution < 1.29 is 9.59 Å². The molecule has 2 amide bonds. The van der Waals surface area contributed by atoms with E-state index in [-0.39, 0.29) is 17.9 Å². The second-order valence-electron chi connectivity index (χ2n) is 10.2. The van der Waals surface area contributed by atoms with Crippen molar-refractivity contribution in [3.05, 3.63) is 60.6 Å². The number of fused-ring (bicyclic) bond motifs is 2. The Morgan fingerprint density at radius 3 is 2.82 bits per heavy atom. The van der Waals surface area contributed by atoms with E-state index < -0.39 is 0 Å². The standard InChI is InChI=1S/C28H34N8O2/c1-5-26(37)34-11-7-6-8-22(18-34)36-25-16-24-21(17-30-35(24)13-12-33(3)4)15-23(25)31-28(36)32-27(38)20-9-10-29-19(2)14-20/h5,9-10,14-17,22H,1,6-8,11-13,18H2,2-4H3,(H,31,32,38). The number of aryl methyl sites for hydroxylation is 1. The molecule has 1 unspecified atom stereocenters. The third-order valence-electron chi connectivity index (χ3n) is 7.09. The molecule has 38 heavy (non-hydrogen) atoms. The predicted octanol–water partition coefficient (Wildman–Crippen LogP) is 3.64. The van der Waals surface area contributed by atoms with Gasteiger partial charge in [-0.05, 0) is 70.6 Å². The number of anilines is 1. The van der Waals surface area contributed by atoms with E-state index in [4.69, 9.17) is 4.98 Å². The Morgan fingerprint density at radius 1 is 1.21 bits per heavy atom. The summed E-state index contributed by atoms with van der Waals surface area (Å²) in [5, 5.41) is 8.65. The number of carbonyl (C=O) groups is 2. The van der Waals surface area contributed by atoms with Crippen molar-refractivity contribution in [2.45, 2.75) is 38.8 Å². The van der Waals surface area contributed by atoms with Gasteiger partial charge in [-0.3, -0.25) is 24.6 Å². The minimum atomic E-state index is -0.249. The molecule has 5 rings (SSSR count). The first-order chi connectivity index (χ1) is 18.3. The van der Waals surface area contributed by atoms with Gasteiger partial charge in [-0.2, -0.15) is 5.10 Å². The molecule has 0 saturated carbocycles. The highest BCUT2D eigenvalue weighted by Gasteiger charge is 2.27. The van der Waals surface area contributed by atoms with Crippen molar-refractivity contribution in [3.63, 3.8) is 0 Å². The Kier molecular flexibility index (Phi) is 7.24. The van der Waals surface area contributed by atoms with Crippen LogP contribution >= 0.6 is 0 Å². The first-order valence-electron chi connectivity index (χ1n) is 13.0. The summed E-state index contributed by atoms with van der Waals surface area (Å²) in [6.45, 7) is 8.37. The van der Waals surface area contributed by atoms with Crippen LogP contribution in [0.4, 0.5) is 5.95 Å². The predicted molar refractivity (Wildman–Crippen MR) is 148 cm³/mol. The minimum absolute atomic E-state index is 0.0588. The van der Waals surface area contributed by atoms with E-state index in [1.54, 1.807) is 18.3 Å². The number of carbonyl (C=O) groups excluding carboxylic acids is 2. The van der Waals surface area contributed by atoms with Crippen LogP contribution in [0.2, 0.25) is 0 Å². The van der Waals surface area contributed by atoms with Gasteiger partial charge in [0.2, 0.25) is 11.9 Å². The molecule has 4 aromatic rings. The normalized spacial score (nSPS) is 16.2. The van der Waals surface area contributed by atoms with Gasteiger partial charge in [0, 0.05) is 42.5 Å². The van der Waals surface area contributed by atoms with E-state index in [2.05, 4.69) is 37.5 Å². The van der Waals surface area contributed by atoms with Gasteiger partial charge in [-0.25, -0.2) is 4.98 Å². The summed E-state index contributed by atoms with van der Waals surface area (Å²) in [6.07, 6.45) is 7.60. The molecular formula is C28H34N8O2. The molecule has 1 N–H and O–H groups in total. The van der Waals surface area contributed by atoms with Gasteiger partial charge in [0.25, 0.3) is 5.91 Å². The SMILES string of the molecule is C=CC(=O)N1CCCCC(n2c(NC(=O)c3ccnc(C)c3)nc3cc4cnn(CCN(C)C)c4cc32)C1. The van der Waals surface area contributed by atoms with Crippen LogP contribution in [0.1, 0.15) is 41.4 Å². The van der Waals surface area contributed by atoms with Crippen molar-refractivity contribution in [2.75, 3.05) is 39.0 Å². The maximum Gasteiger partial charge on any atom is 0.258 e. The number of imidazole rings is 1. The molecular weight excluding hydrogens is 480 g/mol. The van der Waals surface area contributed by atoms with Gasteiger partial charge in [-0.1, -0.05) is 6.58 Å². The molecule has 198 valence electrons. The maximum absolute atomic E-state index is 13.3. The summed E-state index contributed by atoms with van der Waals surface area (Å²) >= 11 is 0. The summed E-state index contributed by atoms with van der Waals surface area (Å²) in [4.78, 5) is 38.9. The van der Waals surface area contributed by atoms with Gasteiger partial charge >= 0.3 is 0 Å². The van der Waals surface area contributed by atoms with E-state index in [0.29, 0.717) is 24.6 Å². The van der Waals surface area contributed by atoms with E-state index in [0.717, 1.165) is 60.0 Å². The van der Waals surface area contributed by atoms with Crippen molar-refractivity contribution in [3.8, 4) is 0 Å². The van der Waals surface area contributed by atoms with Gasteiger partial charge in [0.05, 0.1) is 35.3 Å². The zero-order chi connectivity index (χ0) is 26.8. The molecule has 1 atom stereocenters. The Hall–Kier alpha value is -4.05. The number of rotatable bonds is 7. The Labute approximate surface area is 221 Å². The highest BCUT2D eigenvalue weighted by Crippen LogP contribution is 2.33. The molecule has 1 saturated heterocycles. The number of likely N-dealkylation sites (N-methyl/N-ethyl adjacent to an activating group) is 1. The lowest BCUT2D eigenvalue weighted by Crippen LogP contribution is -2.34. The van der Waals surface area contributed by atoms with Gasteiger partial charge in [0.1, 0.15) is 0 Å². The number of hydrogen-bond donors (Lipinski definition) is 1. The number of aromatic nitrogens is 5. The van der Waals surface area contributed by atoms with Crippen LogP contribution in [-0.2, 0) is 11.3 Å². The summed E-state index contributed by atoms with van der Waals surface area (Å²) in [5.74, 6) is 0.141. The van der Waals surface area contributed by atoms with Crippen LogP contribution in [-0.4, -0.2) is 79.7 Å². The lowest BCUT2D eigenvalue weighted by Gasteiger charge is -2.26. The van der Waals surface area contributed by atoms with Crippen molar-refractivity contribution in [2.24, 2.45) is 0 Å². The average molecular weight is 515 g/mol. The Balaban J connectivity index is 1.61. The summed E-state index contributed by atoms with van der Waals surface area (Å²) in [5.41, 5.74) is 3.97. The van der Waals surface area contributed by atoms with Crippen LogP contribution in [0.25, 0.3) is 21.9 Å². The quantitative estimate of drug-likeness (QED) is 0.378. The molecule has 10 heteroatoms. The molecule has 1 fully saturated rings. The number of hydrogen-bond acceptors (Lipinski definition) is 6. The van der Waals surface area contributed by atoms with Crippen LogP contribution in [0.3, 0.4) is 0 Å². The number of nitrogens with zero attached hydrogens (tertiary/aromatic N) is 7. The molecule has 0 radical (unpaired) electrons. The van der Waals surface area contributed by atoms with Crippen LogP contribution in [0.15, 0.2) is 49.3 Å². The van der Waals surface area contributed by atoms with Crippen LogP contribution in [0.5, 0.6) is 0 Å². The molecule has 0 aliphatic carbocycles. The van der Waals surface area contributed by atoms with E-state index in [9.17, 15) is 9.59 Å². The van der Waals surface area contributed by atoms with Crippen LogP contribution < -0.4 is 5.32 Å². The largest absolute Gasteiger partial charge is 0.337 e. The number of nitrogens with one attached hydrogen (secondary N) is 1. The summed E-state index contributed by atoms with van der Waals surface area (Å²) < 4.78 is 4.10. The maximum atomic E-state index is 13.3. The fraction of sp³-hybridized carbons (Fsp3) is 0.393. The third-order valence-corrected chi connectivity index (χ3v) is 7.09. The zero-order valence-corrected chi connectivity index (χ0v) is 22.2. The molecule has 0 spiro atoms. The fourth-order valence-electron chi connectivity index (χ4n) is 5.12. The Morgan fingerprint density at radius 2 is 2.05 bits per heavy atom. The summed E-state index contributed by atoms with van der Waals surface area (Å²) in [6, 6.07) is 7.52. The second kappa shape index (κ2) is 10.7. The Bertz CT molecular complexity index is 1500. The van der Waals surface area contributed by atoms with Gasteiger partial charge < -0.3 is 14.4 Å². The molecule has 10 nitrogen and oxygen atoms in total. The third kappa shape index (κ3) is 5.17. The smallest absolute Gasteiger partial charge is 0.258 e. The van der Waals surface area contributed by atoms with E-state index >= 15 is 0 Å². The molecule has 3 aromatic heterocycles. The van der Waals surface area contributed by atoms with Crippen LogP contribution in [0, 0.1) is 6.92 Å². The second-order valence-corrected chi connectivity index (χ2v) is 10.2. The minimum Gasteiger partial charge on any atom is -0.337 e. The molecule has 1 aliphatic rings. The molecule has 1 aromatic carbocycles. The van der Waals surface area contributed by atoms with E-state index in [1.807, 2.05) is 42.9 Å². The number of likely N-dealkylation sites (tertiary alicyclic amines) is 1. The lowest BCUT2D eigenvalue weighted by molar-refractivity contribution is -0.126. The van der Waals surface area contributed by atoms with Gasteiger partial charge in [0.15, 0.2) is 0 Å². The van der Waals surface area contributed by atoms with Crippen molar-refractivity contribution in [1.82, 2.24) is 34.1 Å². The van der Waals surface area contributed by atoms with Crippen molar-refractivity contribution >= 4 is 39.7 Å². The monoisotopic (exact) mass is 514 g/mol. The molecule has 4 heterocycles. The average Bonchev–Trinajstić information content (AvgIpc) is 3.35. The lowest BCUT2D eigenvalue weighted by atomic mass is 10.1. The van der Waals surface area contributed by atoms with E-state index in [1.165, 1.54) is 6.08 Å². The first-order valence-corrected chi connectivity index (χ1v) is 13.0. The molecule has 0 bridgehead atoms. The topological polar surface area (TPSA) is 101 Å². The number of amides is 2. The number of pyridine rings is 1. The zero-order valence-electron chi connectivity index (χ0n) is 22.2. The number of benzene rings is 1. The molecule has 1 aliphatic heterocycles.